The molecule has 0 saturated heterocycles. The highest BCUT2D eigenvalue weighted by Crippen LogP contribution is 2.33. The molecule has 0 spiro atoms. The lowest BCUT2D eigenvalue weighted by Gasteiger charge is -2.36. The van der Waals surface area contributed by atoms with Gasteiger partial charge in [-0.05, 0) is 89.9 Å². The van der Waals surface area contributed by atoms with Crippen LogP contribution in [0.3, 0.4) is 0 Å². The summed E-state index contributed by atoms with van der Waals surface area (Å²) in [4.78, 5) is 30.6. The van der Waals surface area contributed by atoms with E-state index in [9.17, 15) is 14.7 Å². The molecule has 11 heteroatoms. The molecule has 2 aliphatic heterocycles. The molecule has 2 aromatic carbocycles. The highest BCUT2D eigenvalue weighted by molar-refractivity contribution is 5.99. The number of benzene rings is 2. The number of carbonyl (C=O) groups is 2. The molecule has 45 heavy (non-hydrogen) atoms. The number of hydrogen-bond donors (Lipinski definition) is 3. The molecule has 3 amide bonds. The second-order valence-corrected chi connectivity index (χ2v) is 12.6. The second kappa shape index (κ2) is 16.1. The fourth-order valence-electron chi connectivity index (χ4n) is 5.61. The van der Waals surface area contributed by atoms with Crippen molar-refractivity contribution in [1.29, 1.82) is 0 Å². The Hall–Kier alpha value is -3.54. The van der Waals surface area contributed by atoms with Crippen LogP contribution in [-0.4, -0.2) is 91.3 Å². The fraction of sp³-hybridized carbons (Fsp3) is 0.588. The van der Waals surface area contributed by atoms with Crippen LogP contribution < -0.4 is 24.8 Å². The predicted octanol–water partition coefficient (Wildman–Crippen LogP) is 4.87. The van der Waals surface area contributed by atoms with Crippen LogP contribution in [-0.2, 0) is 11.3 Å². The number of likely N-dealkylation sites (N-methyl/N-ethyl adjacent to an activating group) is 1. The van der Waals surface area contributed by atoms with Crippen molar-refractivity contribution < 1.29 is 33.6 Å². The van der Waals surface area contributed by atoms with E-state index < -0.39 is 6.04 Å². The number of urea groups is 1. The topological polar surface area (TPSA) is 122 Å². The summed E-state index contributed by atoms with van der Waals surface area (Å²) in [6.07, 6.45) is 2.32. The van der Waals surface area contributed by atoms with Gasteiger partial charge in [0.15, 0.2) is 11.5 Å². The van der Waals surface area contributed by atoms with Gasteiger partial charge in [0.2, 0.25) is 6.79 Å². The Morgan fingerprint density at radius 2 is 1.82 bits per heavy atom. The Kier molecular flexibility index (Phi) is 12.3. The first-order valence-corrected chi connectivity index (χ1v) is 16.0. The minimum Gasteiger partial charge on any atom is -0.490 e. The smallest absolute Gasteiger partial charge is 0.319 e. The molecule has 0 fully saturated rings. The van der Waals surface area contributed by atoms with Crippen LogP contribution in [0.1, 0.15) is 69.8 Å². The highest BCUT2D eigenvalue weighted by atomic mass is 16.7. The van der Waals surface area contributed by atoms with Crippen molar-refractivity contribution in [3.05, 3.63) is 47.5 Å². The molecule has 4 rings (SSSR count). The maximum Gasteiger partial charge on any atom is 0.319 e. The zero-order chi connectivity index (χ0) is 32.5. The number of ether oxygens (including phenoxy) is 4. The lowest BCUT2D eigenvalue weighted by atomic mass is 10.0. The van der Waals surface area contributed by atoms with Gasteiger partial charge in [-0.2, -0.15) is 0 Å². The summed E-state index contributed by atoms with van der Waals surface area (Å²) in [7, 11) is 2.06. The van der Waals surface area contributed by atoms with Gasteiger partial charge in [0, 0.05) is 43.9 Å². The summed E-state index contributed by atoms with van der Waals surface area (Å²) >= 11 is 0. The Labute approximate surface area is 267 Å². The zero-order valence-electron chi connectivity index (χ0n) is 27.5. The number of amides is 3. The van der Waals surface area contributed by atoms with E-state index in [1.54, 1.807) is 23.1 Å². The van der Waals surface area contributed by atoms with Gasteiger partial charge in [0.1, 0.15) is 5.75 Å². The van der Waals surface area contributed by atoms with Gasteiger partial charge in [-0.25, -0.2) is 4.79 Å². The number of aliphatic hydroxyl groups excluding tert-OH is 1. The highest BCUT2D eigenvalue weighted by Gasteiger charge is 2.30. The molecule has 0 unspecified atom stereocenters. The number of nitrogens with one attached hydrogen (secondary N) is 2. The van der Waals surface area contributed by atoms with Gasteiger partial charge < -0.3 is 39.6 Å². The van der Waals surface area contributed by atoms with Crippen LogP contribution in [0.2, 0.25) is 0 Å². The van der Waals surface area contributed by atoms with Crippen LogP contribution in [0.4, 0.5) is 10.5 Å². The Balaban J connectivity index is 1.57. The number of carbonyl (C=O) groups excluding carboxylic acids is 2. The SMILES string of the molecule is CC(C)NC(=O)Nc1ccc2c(c1)C(=O)N([C@@H](C)CO)C[C@H](C)[C@@H](CN(C)Cc1ccc3c(c1)OCO3)OCCCC[C@H](C)O2. The number of hydrogen-bond acceptors (Lipinski definition) is 8. The van der Waals surface area contributed by atoms with Crippen LogP contribution in [0, 0.1) is 5.92 Å². The molecule has 2 heterocycles. The van der Waals surface area contributed by atoms with Gasteiger partial charge in [-0.1, -0.05) is 13.0 Å². The minimum atomic E-state index is -0.453. The quantitative estimate of drug-likeness (QED) is 0.380. The maximum atomic E-state index is 14.3. The van der Waals surface area contributed by atoms with Crippen LogP contribution in [0.15, 0.2) is 36.4 Å². The largest absolute Gasteiger partial charge is 0.490 e. The second-order valence-electron chi connectivity index (χ2n) is 12.6. The summed E-state index contributed by atoms with van der Waals surface area (Å²) < 4.78 is 23.8. The molecule has 11 nitrogen and oxygen atoms in total. The summed E-state index contributed by atoms with van der Waals surface area (Å²) in [5.41, 5.74) is 1.93. The Morgan fingerprint density at radius 3 is 2.58 bits per heavy atom. The third kappa shape index (κ3) is 9.72. The van der Waals surface area contributed by atoms with Gasteiger partial charge in [-0.3, -0.25) is 9.69 Å². The molecule has 4 atom stereocenters. The van der Waals surface area contributed by atoms with Gasteiger partial charge in [-0.15, -0.1) is 0 Å². The van der Waals surface area contributed by atoms with E-state index in [0.29, 0.717) is 43.2 Å². The van der Waals surface area contributed by atoms with Gasteiger partial charge in [0.05, 0.1) is 30.4 Å². The molecular formula is C34H50N4O7. The fourth-order valence-corrected chi connectivity index (χ4v) is 5.61. The monoisotopic (exact) mass is 626 g/mol. The van der Waals surface area contributed by atoms with E-state index in [1.165, 1.54) is 0 Å². The maximum absolute atomic E-state index is 14.3. The van der Waals surface area contributed by atoms with E-state index in [2.05, 4.69) is 29.5 Å². The van der Waals surface area contributed by atoms with Crippen molar-refractivity contribution in [2.24, 2.45) is 5.92 Å². The molecule has 0 bridgehead atoms. The molecule has 0 saturated carbocycles. The molecule has 0 aliphatic carbocycles. The van der Waals surface area contributed by atoms with E-state index in [1.807, 2.05) is 45.9 Å². The summed E-state index contributed by atoms with van der Waals surface area (Å²) in [5, 5.41) is 15.8. The first kappa shape index (κ1) is 34.3. The third-order valence-electron chi connectivity index (χ3n) is 8.11. The Morgan fingerprint density at radius 1 is 1.07 bits per heavy atom. The summed E-state index contributed by atoms with van der Waals surface area (Å²) in [5.74, 6) is 1.65. The molecular weight excluding hydrogens is 576 g/mol. The first-order chi connectivity index (χ1) is 21.5. The van der Waals surface area contributed by atoms with E-state index in [0.717, 1.165) is 36.3 Å². The first-order valence-electron chi connectivity index (χ1n) is 16.0. The average Bonchev–Trinajstić information content (AvgIpc) is 3.46. The van der Waals surface area contributed by atoms with Gasteiger partial charge >= 0.3 is 6.03 Å². The lowest BCUT2D eigenvalue weighted by molar-refractivity contribution is -0.0177. The van der Waals surface area contributed by atoms with Crippen molar-refractivity contribution in [1.82, 2.24) is 15.1 Å². The molecule has 0 radical (unpaired) electrons. The number of nitrogens with zero attached hydrogens (tertiary/aromatic N) is 2. The predicted molar refractivity (Wildman–Crippen MR) is 173 cm³/mol. The number of rotatable bonds is 8. The van der Waals surface area contributed by atoms with Gasteiger partial charge in [0.25, 0.3) is 5.91 Å². The van der Waals surface area contributed by atoms with Crippen molar-refractivity contribution in [3.63, 3.8) is 0 Å². The van der Waals surface area contributed by atoms with Crippen LogP contribution >= 0.6 is 0 Å². The van der Waals surface area contributed by atoms with Crippen molar-refractivity contribution >= 4 is 17.6 Å². The van der Waals surface area contributed by atoms with Crippen molar-refractivity contribution in [2.45, 2.75) is 84.7 Å². The molecule has 248 valence electrons. The zero-order valence-corrected chi connectivity index (χ0v) is 27.5. The Bertz CT molecular complexity index is 1290. The number of anilines is 1. The van der Waals surface area contributed by atoms with Crippen LogP contribution in [0.5, 0.6) is 17.2 Å². The number of aliphatic hydroxyl groups is 1. The minimum absolute atomic E-state index is 0.0401. The standard InChI is InChI=1S/C34H50N4O7/c1-22(2)35-34(41)36-27-11-13-29-28(16-27)33(40)38(24(4)20-39)17-23(3)32(42-14-8-7-9-25(5)45-29)19-37(6)18-26-10-12-30-31(15-26)44-21-43-30/h10-13,15-16,22-25,32,39H,7-9,14,17-21H2,1-6H3,(H2,35,36,41)/t23-,24-,25-,32+/m0/s1. The van der Waals surface area contributed by atoms with Crippen LogP contribution in [0.25, 0.3) is 0 Å². The molecule has 3 N–H and O–H groups in total. The van der Waals surface area contributed by atoms with E-state index >= 15 is 0 Å². The van der Waals surface area contributed by atoms with E-state index in [4.69, 9.17) is 18.9 Å². The van der Waals surface area contributed by atoms with E-state index in [-0.39, 0.29) is 49.5 Å². The lowest BCUT2D eigenvalue weighted by Crippen LogP contribution is -2.47. The molecule has 2 aliphatic rings. The average molecular weight is 627 g/mol. The third-order valence-corrected chi connectivity index (χ3v) is 8.11. The molecule has 0 aromatic heterocycles. The normalized spacial score (nSPS) is 21.6. The summed E-state index contributed by atoms with van der Waals surface area (Å²) in [6, 6.07) is 10.3. The number of fused-ring (bicyclic) bond motifs is 2. The molecule has 2 aromatic rings. The summed E-state index contributed by atoms with van der Waals surface area (Å²) in [6.45, 7) is 12.0. The van der Waals surface area contributed by atoms with Crippen molar-refractivity contribution in [3.8, 4) is 17.2 Å². The van der Waals surface area contributed by atoms with Crippen molar-refractivity contribution in [2.75, 3.05) is 45.5 Å².